The molecular weight excluding hydrogens is 236 g/mol. The Labute approximate surface area is 105 Å². The van der Waals surface area contributed by atoms with E-state index >= 15 is 0 Å². The van der Waals surface area contributed by atoms with Gasteiger partial charge >= 0.3 is 5.97 Å². The van der Waals surface area contributed by atoms with Crippen LogP contribution in [-0.4, -0.2) is 36.7 Å². The normalized spacial score (nSPS) is 13.7. The van der Waals surface area contributed by atoms with Crippen LogP contribution in [0.4, 0.5) is 0 Å². The van der Waals surface area contributed by atoms with E-state index in [2.05, 4.69) is 5.32 Å². The zero-order chi connectivity index (χ0) is 13.5. The van der Waals surface area contributed by atoms with Crippen LogP contribution in [0.3, 0.4) is 0 Å². The van der Waals surface area contributed by atoms with Gasteiger partial charge in [0.1, 0.15) is 6.04 Å². The van der Waals surface area contributed by atoms with Crippen molar-refractivity contribution < 1.29 is 19.4 Å². The lowest BCUT2D eigenvalue weighted by molar-refractivity contribution is -0.148. The molecule has 4 N–H and O–H groups in total. The number of nitrogens with two attached hydrogens (primary N) is 1. The van der Waals surface area contributed by atoms with E-state index in [9.17, 15) is 9.59 Å². The molecule has 0 spiro atoms. The molecule has 0 radical (unpaired) electrons. The summed E-state index contributed by atoms with van der Waals surface area (Å²) in [7, 11) is 1.27. The van der Waals surface area contributed by atoms with Crippen LogP contribution < -0.4 is 11.1 Å². The summed E-state index contributed by atoms with van der Waals surface area (Å²) in [5.74, 6) is -1.57. The lowest BCUT2D eigenvalue weighted by Gasteiger charge is -2.15. The van der Waals surface area contributed by atoms with Crippen molar-refractivity contribution in [3.8, 4) is 0 Å². The summed E-state index contributed by atoms with van der Waals surface area (Å²) in [6.45, 7) is -0.120. The molecule has 0 aliphatic carbocycles. The van der Waals surface area contributed by atoms with E-state index in [0.29, 0.717) is 5.56 Å². The standard InChI is InChI=1S/C12H16N2O4/c1-18-9(12(16)17)7-14-11(15)10(13)8-5-3-2-4-6-8/h2-6,9-10H,7,13H2,1H3,(H,14,15)(H,16,17)/t9?,10-/m0/s1. The van der Waals surface area contributed by atoms with Crippen LogP contribution in [-0.2, 0) is 14.3 Å². The Balaban J connectivity index is 2.53. The maximum absolute atomic E-state index is 11.7. The fourth-order valence-electron chi connectivity index (χ4n) is 1.39. The highest BCUT2D eigenvalue weighted by atomic mass is 16.5. The summed E-state index contributed by atoms with van der Waals surface area (Å²) in [5, 5.41) is 11.2. The molecular formula is C12H16N2O4. The highest BCUT2D eigenvalue weighted by Gasteiger charge is 2.20. The summed E-state index contributed by atoms with van der Waals surface area (Å²) < 4.78 is 4.69. The maximum Gasteiger partial charge on any atom is 0.334 e. The molecule has 0 aromatic heterocycles. The summed E-state index contributed by atoms with van der Waals surface area (Å²) in [6, 6.07) is 8.01. The number of carboxylic acid groups (broad SMARTS) is 1. The van der Waals surface area contributed by atoms with E-state index in [4.69, 9.17) is 15.6 Å². The first kappa shape index (κ1) is 14.1. The monoisotopic (exact) mass is 252 g/mol. The second kappa shape index (κ2) is 6.73. The predicted molar refractivity (Wildman–Crippen MR) is 64.8 cm³/mol. The van der Waals surface area contributed by atoms with E-state index in [1.807, 2.05) is 6.07 Å². The van der Waals surface area contributed by atoms with Gasteiger partial charge in [-0.1, -0.05) is 30.3 Å². The van der Waals surface area contributed by atoms with Crippen molar-refractivity contribution in [2.75, 3.05) is 13.7 Å². The van der Waals surface area contributed by atoms with Gasteiger partial charge < -0.3 is 20.9 Å². The number of ether oxygens (including phenoxy) is 1. The molecule has 0 aliphatic heterocycles. The van der Waals surface area contributed by atoms with Crippen molar-refractivity contribution in [1.82, 2.24) is 5.32 Å². The number of amides is 1. The van der Waals surface area contributed by atoms with Crippen LogP contribution in [0.15, 0.2) is 30.3 Å². The van der Waals surface area contributed by atoms with Gasteiger partial charge in [-0.2, -0.15) is 0 Å². The lowest BCUT2D eigenvalue weighted by atomic mass is 10.1. The Hall–Kier alpha value is -1.92. The fraction of sp³-hybridized carbons (Fsp3) is 0.333. The second-order valence-corrected chi connectivity index (χ2v) is 3.70. The SMILES string of the molecule is COC(CNC(=O)[C@@H](N)c1ccccc1)C(=O)O. The third kappa shape index (κ3) is 3.83. The zero-order valence-electron chi connectivity index (χ0n) is 10.00. The molecule has 6 heteroatoms. The van der Waals surface area contributed by atoms with Gasteiger partial charge in [0, 0.05) is 7.11 Å². The van der Waals surface area contributed by atoms with Gasteiger partial charge in [0.25, 0.3) is 0 Å². The van der Waals surface area contributed by atoms with Gasteiger partial charge in [0.05, 0.1) is 6.54 Å². The molecule has 1 amide bonds. The molecule has 1 aromatic rings. The van der Waals surface area contributed by atoms with Crippen molar-refractivity contribution in [1.29, 1.82) is 0 Å². The molecule has 98 valence electrons. The average molecular weight is 252 g/mol. The number of nitrogens with one attached hydrogen (secondary N) is 1. The summed E-state index contributed by atoms with van der Waals surface area (Å²) >= 11 is 0. The van der Waals surface area contributed by atoms with Gasteiger partial charge in [-0.3, -0.25) is 4.79 Å². The smallest absolute Gasteiger partial charge is 0.334 e. The number of benzene rings is 1. The number of carbonyl (C=O) groups excluding carboxylic acids is 1. The van der Waals surface area contributed by atoms with Crippen molar-refractivity contribution >= 4 is 11.9 Å². The maximum atomic E-state index is 11.7. The zero-order valence-corrected chi connectivity index (χ0v) is 10.00. The summed E-state index contributed by atoms with van der Waals surface area (Å²) in [6.07, 6.45) is -1.07. The van der Waals surface area contributed by atoms with E-state index in [0.717, 1.165) is 0 Å². The summed E-state index contributed by atoms with van der Waals surface area (Å²) in [4.78, 5) is 22.4. The first-order valence-electron chi connectivity index (χ1n) is 5.40. The van der Waals surface area contributed by atoms with E-state index in [1.165, 1.54) is 7.11 Å². The number of aliphatic carboxylic acids is 1. The minimum Gasteiger partial charge on any atom is -0.479 e. The van der Waals surface area contributed by atoms with Gasteiger partial charge in [0.15, 0.2) is 6.10 Å². The van der Waals surface area contributed by atoms with Crippen LogP contribution in [0.1, 0.15) is 11.6 Å². The Kier molecular flexibility index (Phi) is 5.29. The van der Waals surface area contributed by atoms with Crippen molar-refractivity contribution in [3.63, 3.8) is 0 Å². The van der Waals surface area contributed by atoms with E-state index < -0.39 is 24.0 Å². The quantitative estimate of drug-likeness (QED) is 0.656. The minimum atomic E-state index is -1.13. The van der Waals surface area contributed by atoms with Crippen LogP contribution >= 0.6 is 0 Å². The predicted octanol–water partition coefficient (Wildman–Crippen LogP) is -0.0978. The van der Waals surface area contributed by atoms with Crippen molar-refractivity contribution in [3.05, 3.63) is 35.9 Å². The molecule has 0 heterocycles. The van der Waals surface area contributed by atoms with Gasteiger partial charge in [0.2, 0.25) is 5.91 Å². The largest absolute Gasteiger partial charge is 0.479 e. The van der Waals surface area contributed by atoms with Gasteiger partial charge in [-0.25, -0.2) is 4.79 Å². The highest BCUT2D eigenvalue weighted by molar-refractivity contribution is 5.83. The Morgan fingerprint density at radius 1 is 1.39 bits per heavy atom. The fourth-order valence-corrected chi connectivity index (χ4v) is 1.39. The number of methoxy groups -OCH3 is 1. The van der Waals surface area contributed by atoms with Gasteiger partial charge in [-0.15, -0.1) is 0 Å². The van der Waals surface area contributed by atoms with Crippen molar-refractivity contribution in [2.24, 2.45) is 5.73 Å². The molecule has 2 atom stereocenters. The third-order valence-corrected chi connectivity index (χ3v) is 2.46. The molecule has 0 fully saturated rings. The number of hydrogen-bond donors (Lipinski definition) is 3. The topological polar surface area (TPSA) is 102 Å². The molecule has 18 heavy (non-hydrogen) atoms. The molecule has 6 nitrogen and oxygen atoms in total. The molecule has 1 aromatic carbocycles. The van der Waals surface area contributed by atoms with Crippen LogP contribution in [0.25, 0.3) is 0 Å². The minimum absolute atomic E-state index is 0.120. The number of hydrogen-bond acceptors (Lipinski definition) is 4. The number of rotatable bonds is 6. The Morgan fingerprint density at radius 3 is 2.50 bits per heavy atom. The Morgan fingerprint density at radius 2 is 2.00 bits per heavy atom. The molecule has 0 saturated heterocycles. The highest BCUT2D eigenvalue weighted by Crippen LogP contribution is 2.09. The molecule has 0 aliphatic rings. The third-order valence-electron chi connectivity index (χ3n) is 2.46. The van der Waals surface area contributed by atoms with Crippen LogP contribution in [0, 0.1) is 0 Å². The molecule has 0 bridgehead atoms. The molecule has 1 rings (SSSR count). The van der Waals surface area contributed by atoms with E-state index in [1.54, 1.807) is 24.3 Å². The van der Waals surface area contributed by atoms with Crippen LogP contribution in [0.2, 0.25) is 0 Å². The van der Waals surface area contributed by atoms with E-state index in [-0.39, 0.29) is 6.54 Å². The van der Waals surface area contributed by atoms with Crippen LogP contribution in [0.5, 0.6) is 0 Å². The number of carboxylic acids is 1. The molecule has 1 unspecified atom stereocenters. The first-order valence-corrected chi connectivity index (χ1v) is 5.40. The number of carbonyl (C=O) groups is 2. The van der Waals surface area contributed by atoms with Crippen molar-refractivity contribution in [2.45, 2.75) is 12.1 Å². The first-order chi connectivity index (χ1) is 8.56. The summed E-state index contributed by atoms with van der Waals surface area (Å²) in [5.41, 5.74) is 6.41. The lowest BCUT2D eigenvalue weighted by Crippen LogP contribution is -2.41. The molecule has 0 saturated carbocycles. The second-order valence-electron chi connectivity index (χ2n) is 3.70. The Bertz CT molecular complexity index is 408. The van der Waals surface area contributed by atoms with Gasteiger partial charge in [-0.05, 0) is 5.56 Å². The average Bonchev–Trinajstić information content (AvgIpc) is 2.39.